The Morgan fingerprint density at radius 2 is 2.14 bits per heavy atom. The van der Waals surface area contributed by atoms with Gasteiger partial charge in [-0.15, -0.1) is 0 Å². The van der Waals surface area contributed by atoms with Gasteiger partial charge in [-0.05, 0) is 25.7 Å². The van der Waals surface area contributed by atoms with Crippen molar-refractivity contribution in [2.45, 2.75) is 25.8 Å². The molecule has 0 radical (unpaired) electrons. The number of nitrogens with two attached hydrogens (primary N) is 1. The van der Waals surface area contributed by atoms with Gasteiger partial charge in [0.25, 0.3) is 5.91 Å². The number of nitrogens with one attached hydrogen (secondary N) is 1. The molecular formula is C16H19N3O2. The first-order valence-electron chi connectivity index (χ1n) is 7.22. The van der Waals surface area contributed by atoms with Crippen LogP contribution < -0.4 is 11.1 Å². The summed E-state index contributed by atoms with van der Waals surface area (Å²) in [4.78, 5) is 12.4. The van der Waals surface area contributed by atoms with Crippen LogP contribution in [0.2, 0.25) is 0 Å². The molecule has 1 aromatic carbocycles. The van der Waals surface area contributed by atoms with Crippen LogP contribution in [-0.4, -0.2) is 23.7 Å². The van der Waals surface area contributed by atoms with Crippen molar-refractivity contribution in [1.82, 2.24) is 10.5 Å². The maximum absolute atomic E-state index is 12.4. The molecule has 1 aliphatic rings. The van der Waals surface area contributed by atoms with Gasteiger partial charge in [0.2, 0.25) is 0 Å². The standard InChI is InChI=1S/C16H19N3O2/c1-10-14(16(20)18-9-13(17)11-7-8-11)15(19-21-10)12-5-3-2-4-6-12/h2-6,11,13H,7-9,17H2,1H3,(H,18,20). The van der Waals surface area contributed by atoms with Crippen molar-refractivity contribution in [3.8, 4) is 11.3 Å². The number of amides is 1. The molecule has 3 rings (SSSR count). The number of hydrogen-bond acceptors (Lipinski definition) is 4. The van der Waals surface area contributed by atoms with Crippen molar-refractivity contribution < 1.29 is 9.32 Å². The molecule has 1 aliphatic carbocycles. The highest BCUT2D eigenvalue weighted by atomic mass is 16.5. The number of aromatic nitrogens is 1. The van der Waals surface area contributed by atoms with Gasteiger partial charge in [-0.3, -0.25) is 4.79 Å². The number of rotatable bonds is 5. The maximum atomic E-state index is 12.4. The Morgan fingerprint density at radius 1 is 1.43 bits per heavy atom. The van der Waals surface area contributed by atoms with Gasteiger partial charge in [0.1, 0.15) is 17.0 Å². The zero-order valence-electron chi connectivity index (χ0n) is 12.0. The topological polar surface area (TPSA) is 81.2 Å². The average Bonchev–Trinajstić information content (AvgIpc) is 3.28. The van der Waals surface area contributed by atoms with E-state index in [4.69, 9.17) is 10.3 Å². The Balaban J connectivity index is 1.77. The van der Waals surface area contributed by atoms with Crippen molar-refractivity contribution in [3.63, 3.8) is 0 Å². The van der Waals surface area contributed by atoms with E-state index in [0.29, 0.717) is 29.5 Å². The molecule has 1 aromatic heterocycles. The molecule has 5 heteroatoms. The summed E-state index contributed by atoms with van der Waals surface area (Å²) in [6.45, 7) is 2.23. The molecule has 0 spiro atoms. The fourth-order valence-corrected chi connectivity index (χ4v) is 2.42. The average molecular weight is 285 g/mol. The van der Waals surface area contributed by atoms with Crippen molar-refractivity contribution in [2.75, 3.05) is 6.54 Å². The summed E-state index contributed by atoms with van der Waals surface area (Å²) >= 11 is 0. The van der Waals surface area contributed by atoms with Crippen LogP contribution in [0.5, 0.6) is 0 Å². The lowest BCUT2D eigenvalue weighted by atomic mass is 10.1. The maximum Gasteiger partial charge on any atom is 0.257 e. The zero-order chi connectivity index (χ0) is 14.8. The van der Waals surface area contributed by atoms with Crippen LogP contribution in [-0.2, 0) is 0 Å². The van der Waals surface area contributed by atoms with E-state index >= 15 is 0 Å². The monoisotopic (exact) mass is 285 g/mol. The van der Waals surface area contributed by atoms with Gasteiger partial charge in [0, 0.05) is 18.2 Å². The van der Waals surface area contributed by atoms with Crippen LogP contribution in [0.4, 0.5) is 0 Å². The van der Waals surface area contributed by atoms with Crippen LogP contribution in [0.15, 0.2) is 34.9 Å². The number of carbonyl (C=O) groups is 1. The molecule has 1 amide bonds. The summed E-state index contributed by atoms with van der Waals surface area (Å²) in [6, 6.07) is 9.58. The van der Waals surface area contributed by atoms with E-state index in [9.17, 15) is 4.79 Å². The van der Waals surface area contributed by atoms with E-state index in [0.717, 1.165) is 5.56 Å². The minimum absolute atomic E-state index is 0.0364. The van der Waals surface area contributed by atoms with E-state index in [2.05, 4.69) is 10.5 Å². The van der Waals surface area contributed by atoms with Crippen LogP contribution in [0.3, 0.4) is 0 Å². The molecule has 1 heterocycles. The van der Waals surface area contributed by atoms with Gasteiger partial charge in [-0.1, -0.05) is 35.5 Å². The Kier molecular flexibility index (Phi) is 3.75. The van der Waals surface area contributed by atoms with Crippen LogP contribution in [0.25, 0.3) is 11.3 Å². The van der Waals surface area contributed by atoms with E-state index in [1.165, 1.54) is 12.8 Å². The molecule has 1 atom stereocenters. The van der Waals surface area contributed by atoms with Crippen LogP contribution >= 0.6 is 0 Å². The van der Waals surface area contributed by atoms with E-state index in [1.807, 2.05) is 30.3 Å². The van der Waals surface area contributed by atoms with Gasteiger partial charge in [0.15, 0.2) is 0 Å². The van der Waals surface area contributed by atoms with Crippen molar-refractivity contribution in [3.05, 3.63) is 41.7 Å². The SMILES string of the molecule is Cc1onc(-c2ccccc2)c1C(=O)NCC(N)C1CC1. The highest BCUT2D eigenvalue weighted by Crippen LogP contribution is 2.31. The largest absolute Gasteiger partial charge is 0.360 e. The Bertz CT molecular complexity index is 632. The lowest BCUT2D eigenvalue weighted by molar-refractivity contribution is 0.0949. The number of aryl methyl sites for hydroxylation is 1. The fourth-order valence-electron chi connectivity index (χ4n) is 2.42. The van der Waals surface area contributed by atoms with Crippen molar-refractivity contribution >= 4 is 5.91 Å². The second-order valence-corrected chi connectivity index (χ2v) is 5.54. The lowest BCUT2D eigenvalue weighted by Gasteiger charge is -2.11. The Hall–Kier alpha value is -2.14. The number of nitrogens with zero attached hydrogens (tertiary/aromatic N) is 1. The molecule has 1 unspecified atom stereocenters. The third-order valence-corrected chi connectivity index (χ3v) is 3.86. The predicted molar refractivity (Wildman–Crippen MR) is 79.7 cm³/mol. The number of hydrogen-bond donors (Lipinski definition) is 2. The molecular weight excluding hydrogens is 266 g/mol. The molecule has 21 heavy (non-hydrogen) atoms. The number of carbonyl (C=O) groups excluding carboxylic acids is 1. The molecule has 5 nitrogen and oxygen atoms in total. The second-order valence-electron chi connectivity index (χ2n) is 5.54. The molecule has 3 N–H and O–H groups in total. The second kappa shape index (κ2) is 5.69. The molecule has 110 valence electrons. The van der Waals surface area contributed by atoms with E-state index in [-0.39, 0.29) is 11.9 Å². The van der Waals surface area contributed by atoms with E-state index in [1.54, 1.807) is 6.92 Å². The highest BCUT2D eigenvalue weighted by Gasteiger charge is 2.29. The van der Waals surface area contributed by atoms with Crippen molar-refractivity contribution in [1.29, 1.82) is 0 Å². The predicted octanol–water partition coefficient (Wildman–Crippen LogP) is 2.12. The van der Waals surface area contributed by atoms with Crippen molar-refractivity contribution in [2.24, 2.45) is 11.7 Å². The summed E-state index contributed by atoms with van der Waals surface area (Å²) in [5, 5.41) is 6.91. The summed E-state index contributed by atoms with van der Waals surface area (Å²) in [6.07, 6.45) is 2.33. The molecule has 0 saturated heterocycles. The minimum Gasteiger partial charge on any atom is -0.360 e. The van der Waals surface area contributed by atoms with Gasteiger partial charge in [0.05, 0.1) is 0 Å². The Morgan fingerprint density at radius 3 is 2.81 bits per heavy atom. The van der Waals surface area contributed by atoms with Crippen LogP contribution in [0.1, 0.15) is 29.0 Å². The Labute approximate surface area is 123 Å². The molecule has 1 saturated carbocycles. The van der Waals surface area contributed by atoms with Crippen LogP contribution in [0, 0.1) is 12.8 Å². The molecule has 1 fully saturated rings. The third kappa shape index (κ3) is 2.97. The summed E-state index contributed by atoms with van der Waals surface area (Å²) < 4.78 is 5.20. The quantitative estimate of drug-likeness (QED) is 0.881. The summed E-state index contributed by atoms with van der Waals surface area (Å²) in [7, 11) is 0. The lowest BCUT2D eigenvalue weighted by Crippen LogP contribution is -2.38. The first-order valence-corrected chi connectivity index (χ1v) is 7.22. The molecule has 2 aromatic rings. The molecule has 0 bridgehead atoms. The number of benzene rings is 1. The highest BCUT2D eigenvalue weighted by molar-refractivity contribution is 6.00. The van der Waals surface area contributed by atoms with Gasteiger partial charge < -0.3 is 15.6 Å². The fraction of sp³-hybridized carbons (Fsp3) is 0.375. The van der Waals surface area contributed by atoms with Gasteiger partial charge in [-0.2, -0.15) is 0 Å². The zero-order valence-corrected chi connectivity index (χ0v) is 12.0. The van der Waals surface area contributed by atoms with E-state index < -0.39 is 0 Å². The first-order chi connectivity index (χ1) is 10.2. The summed E-state index contributed by atoms with van der Waals surface area (Å²) in [5.41, 5.74) is 7.95. The first kappa shape index (κ1) is 13.8. The molecule has 0 aliphatic heterocycles. The van der Waals surface area contributed by atoms with Gasteiger partial charge in [-0.25, -0.2) is 0 Å². The minimum atomic E-state index is -0.177. The van der Waals surface area contributed by atoms with Gasteiger partial charge >= 0.3 is 0 Å². The normalized spacial score (nSPS) is 15.7. The third-order valence-electron chi connectivity index (χ3n) is 3.86. The smallest absolute Gasteiger partial charge is 0.257 e. The summed E-state index contributed by atoms with van der Waals surface area (Å²) in [5.74, 6) is 0.900.